The van der Waals surface area contributed by atoms with E-state index in [4.69, 9.17) is 30.5 Å². The van der Waals surface area contributed by atoms with Crippen molar-refractivity contribution in [2.45, 2.75) is 26.5 Å². The first kappa shape index (κ1) is 29.2. The number of ether oxygens (including phenoxy) is 4. The summed E-state index contributed by atoms with van der Waals surface area (Å²) >= 11 is 7.57. The summed E-state index contributed by atoms with van der Waals surface area (Å²) in [6.07, 6.45) is 1.74. The Labute approximate surface area is 251 Å². The summed E-state index contributed by atoms with van der Waals surface area (Å²) < 4.78 is 24.4. The Kier molecular flexibility index (Phi) is 8.80. The lowest BCUT2D eigenvalue weighted by Gasteiger charge is -2.25. The minimum absolute atomic E-state index is 0.180. The molecule has 1 unspecified atom stereocenters. The van der Waals surface area contributed by atoms with Gasteiger partial charge in [-0.25, -0.2) is 9.79 Å². The topological polar surface area (TPSA) is 88.4 Å². The van der Waals surface area contributed by atoms with Gasteiger partial charge in [0.1, 0.15) is 12.4 Å². The smallest absolute Gasteiger partial charge is 0.338 e. The van der Waals surface area contributed by atoms with Crippen LogP contribution in [0.15, 0.2) is 87.8 Å². The third-order valence-electron chi connectivity index (χ3n) is 6.74. The van der Waals surface area contributed by atoms with Crippen molar-refractivity contribution in [1.29, 1.82) is 0 Å². The molecule has 0 amide bonds. The van der Waals surface area contributed by atoms with Gasteiger partial charge in [-0.15, -0.1) is 0 Å². The molecular weight excluding hydrogens is 576 g/mol. The van der Waals surface area contributed by atoms with E-state index < -0.39 is 12.0 Å². The highest BCUT2D eigenvalue weighted by atomic mass is 35.5. The van der Waals surface area contributed by atoms with Gasteiger partial charge < -0.3 is 18.9 Å². The molecule has 0 spiro atoms. The number of hydrogen-bond acceptors (Lipinski definition) is 8. The van der Waals surface area contributed by atoms with Crippen molar-refractivity contribution in [1.82, 2.24) is 4.57 Å². The van der Waals surface area contributed by atoms with Crippen LogP contribution < -0.4 is 29.1 Å². The number of fused-ring (bicyclic) bond motifs is 1. The molecule has 1 aliphatic heterocycles. The normalized spacial score (nSPS) is 14.7. The first-order chi connectivity index (χ1) is 20.3. The quantitative estimate of drug-likeness (QED) is 0.249. The Morgan fingerprint density at radius 3 is 2.48 bits per heavy atom. The minimum Gasteiger partial charge on any atom is -0.493 e. The number of methoxy groups -OCH3 is 2. The van der Waals surface area contributed by atoms with Crippen molar-refractivity contribution in [3.05, 3.63) is 119 Å². The molecule has 0 bridgehead atoms. The third kappa shape index (κ3) is 5.84. The standard InChI is InChI=1S/C32H29ClN2O6S/c1-5-40-31(37)28-19(2)34-32-35(29(28)21-11-13-25(38-3)26(16-21)39-4)30(36)27(42-32)17-22-15-23(33)12-14-24(22)41-18-20-9-7-6-8-10-20/h6-17,29H,5,18H2,1-4H3/b27-17-. The van der Waals surface area contributed by atoms with Crippen LogP contribution in [-0.4, -0.2) is 31.4 Å². The molecule has 0 saturated carbocycles. The number of carbonyl (C=O) groups is 1. The Balaban J connectivity index is 1.65. The van der Waals surface area contributed by atoms with Crippen molar-refractivity contribution < 1.29 is 23.7 Å². The van der Waals surface area contributed by atoms with Gasteiger partial charge in [-0.1, -0.05) is 59.3 Å². The number of nitrogens with zero attached hydrogens (tertiary/aromatic N) is 2. The number of hydrogen-bond donors (Lipinski definition) is 0. The summed E-state index contributed by atoms with van der Waals surface area (Å²) in [5.41, 5.74) is 2.73. The van der Waals surface area contributed by atoms with Gasteiger partial charge in [-0.3, -0.25) is 9.36 Å². The molecule has 2 heterocycles. The van der Waals surface area contributed by atoms with Crippen LogP contribution in [0.2, 0.25) is 5.02 Å². The molecule has 4 aromatic rings. The van der Waals surface area contributed by atoms with Crippen LogP contribution in [0.3, 0.4) is 0 Å². The summed E-state index contributed by atoms with van der Waals surface area (Å²) in [5, 5.41) is 0.504. The van der Waals surface area contributed by atoms with E-state index in [1.54, 1.807) is 63.4 Å². The maximum Gasteiger partial charge on any atom is 0.338 e. The van der Waals surface area contributed by atoms with Gasteiger partial charge in [0.25, 0.3) is 5.56 Å². The highest BCUT2D eigenvalue weighted by molar-refractivity contribution is 7.07. The lowest BCUT2D eigenvalue weighted by molar-refractivity contribution is -0.139. The number of aromatic nitrogens is 1. The lowest BCUT2D eigenvalue weighted by atomic mass is 9.95. The minimum atomic E-state index is -0.796. The molecule has 0 radical (unpaired) electrons. The van der Waals surface area contributed by atoms with Crippen LogP contribution in [0.25, 0.3) is 6.08 Å². The second kappa shape index (κ2) is 12.7. The molecule has 0 aliphatic carbocycles. The monoisotopic (exact) mass is 604 g/mol. The van der Waals surface area contributed by atoms with Crippen LogP contribution >= 0.6 is 22.9 Å². The number of benzene rings is 3. The second-order valence-corrected chi connectivity index (χ2v) is 10.8. The zero-order valence-electron chi connectivity index (χ0n) is 23.5. The van der Waals surface area contributed by atoms with Crippen molar-refractivity contribution in [2.75, 3.05) is 20.8 Å². The molecule has 10 heteroatoms. The van der Waals surface area contributed by atoms with Crippen molar-refractivity contribution in [2.24, 2.45) is 4.99 Å². The highest BCUT2D eigenvalue weighted by Gasteiger charge is 2.34. The van der Waals surface area contributed by atoms with E-state index in [2.05, 4.69) is 4.99 Å². The molecule has 3 aromatic carbocycles. The van der Waals surface area contributed by atoms with Crippen molar-refractivity contribution >= 4 is 35.0 Å². The Bertz CT molecular complexity index is 1840. The molecule has 42 heavy (non-hydrogen) atoms. The first-order valence-electron chi connectivity index (χ1n) is 13.2. The summed E-state index contributed by atoms with van der Waals surface area (Å²) in [6, 6.07) is 19.6. The van der Waals surface area contributed by atoms with Crippen molar-refractivity contribution in [3.8, 4) is 17.2 Å². The van der Waals surface area contributed by atoms with E-state index in [9.17, 15) is 9.59 Å². The maximum atomic E-state index is 14.1. The molecule has 1 aromatic heterocycles. The van der Waals surface area contributed by atoms with E-state index in [0.29, 0.717) is 55.0 Å². The fourth-order valence-corrected chi connectivity index (χ4v) is 5.99. The van der Waals surface area contributed by atoms with E-state index in [-0.39, 0.29) is 17.7 Å². The van der Waals surface area contributed by atoms with Gasteiger partial charge in [0.15, 0.2) is 16.3 Å². The zero-order valence-corrected chi connectivity index (χ0v) is 25.1. The van der Waals surface area contributed by atoms with E-state index in [1.165, 1.54) is 23.0 Å². The van der Waals surface area contributed by atoms with Gasteiger partial charge in [0, 0.05) is 10.6 Å². The van der Waals surface area contributed by atoms with Crippen LogP contribution in [0.5, 0.6) is 17.2 Å². The average molecular weight is 605 g/mol. The predicted molar refractivity (Wildman–Crippen MR) is 162 cm³/mol. The maximum absolute atomic E-state index is 14.1. The zero-order chi connectivity index (χ0) is 29.8. The number of esters is 1. The molecule has 216 valence electrons. The van der Waals surface area contributed by atoms with Crippen LogP contribution in [0.4, 0.5) is 0 Å². The second-order valence-electron chi connectivity index (χ2n) is 9.37. The third-order valence-corrected chi connectivity index (χ3v) is 7.95. The molecule has 0 fully saturated rings. The SMILES string of the molecule is CCOC(=O)C1=C(C)N=c2s/c(=C\c3cc(Cl)ccc3OCc3ccccc3)c(=O)n2C1c1ccc(OC)c(OC)c1. The molecule has 0 N–H and O–H groups in total. The summed E-state index contributed by atoms with van der Waals surface area (Å²) in [7, 11) is 3.07. The Hall–Kier alpha value is -4.34. The number of thiazole rings is 1. The Morgan fingerprint density at radius 1 is 1.02 bits per heavy atom. The number of halogens is 1. The predicted octanol–water partition coefficient (Wildman–Crippen LogP) is 5.05. The van der Waals surface area contributed by atoms with Gasteiger partial charge in [-0.05, 0) is 61.4 Å². The van der Waals surface area contributed by atoms with Gasteiger partial charge in [0.05, 0.1) is 42.7 Å². The Morgan fingerprint density at radius 2 is 1.76 bits per heavy atom. The summed E-state index contributed by atoms with van der Waals surface area (Å²) in [6.45, 7) is 4.01. The largest absolute Gasteiger partial charge is 0.493 e. The van der Waals surface area contributed by atoms with E-state index in [0.717, 1.165) is 5.56 Å². The van der Waals surface area contributed by atoms with Gasteiger partial charge >= 0.3 is 5.97 Å². The fourth-order valence-electron chi connectivity index (χ4n) is 4.77. The number of rotatable bonds is 9. The average Bonchev–Trinajstić information content (AvgIpc) is 3.30. The number of carbonyl (C=O) groups excluding carboxylic acids is 1. The summed E-state index contributed by atoms with van der Waals surface area (Å²) in [5.74, 6) is 1.03. The molecule has 5 rings (SSSR count). The van der Waals surface area contributed by atoms with Gasteiger partial charge in [0.2, 0.25) is 0 Å². The molecule has 1 aliphatic rings. The molecule has 8 nitrogen and oxygen atoms in total. The lowest BCUT2D eigenvalue weighted by Crippen LogP contribution is -2.40. The number of allylic oxidation sites excluding steroid dienone is 1. The van der Waals surface area contributed by atoms with Crippen molar-refractivity contribution in [3.63, 3.8) is 0 Å². The van der Waals surface area contributed by atoms with E-state index >= 15 is 0 Å². The summed E-state index contributed by atoms with van der Waals surface area (Å²) in [4.78, 5) is 32.4. The van der Waals surface area contributed by atoms with Crippen LogP contribution in [0.1, 0.15) is 36.6 Å². The van der Waals surface area contributed by atoms with Crippen LogP contribution in [-0.2, 0) is 16.1 Å². The van der Waals surface area contributed by atoms with Crippen LogP contribution in [0, 0.1) is 0 Å². The fraction of sp³-hybridized carbons (Fsp3) is 0.219. The first-order valence-corrected chi connectivity index (χ1v) is 14.4. The molecule has 1 atom stereocenters. The molecule has 0 saturated heterocycles. The highest BCUT2D eigenvalue weighted by Crippen LogP contribution is 2.36. The molecular formula is C32H29ClN2O6S. The van der Waals surface area contributed by atoms with E-state index in [1.807, 2.05) is 30.3 Å². The van der Waals surface area contributed by atoms with Gasteiger partial charge in [-0.2, -0.15) is 0 Å².